The summed E-state index contributed by atoms with van der Waals surface area (Å²) in [4.78, 5) is 35.5. The second-order valence-corrected chi connectivity index (χ2v) is 7.36. The van der Waals surface area contributed by atoms with Crippen molar-refractivity contribution in [3.63, 3.8) is 0 Å². The number of aromatic nitrogens is 2. The maximum absolute atomic E-state index is 15.0. The van der Waals surface area contributed by atoms with Gasteiger partial charge < -0.3 is 35.4 Å². The highest BCUT2D eigenvalue weighted by Gasteiger charge is 2.27. The number of hydrogen-bond donors (Lipinski definition) is 3. The summed E-state index contributed by atoms with van der Waals surface area (Å²) in [5, 5.41) is 11.5. The van der Waals surface area contributed by atoms with E-state index in [4.69, 9.17) is 26.7 Å². The molecule has 2 heterocycles. The van der Waals surface area contributed by atoms with Crippen LogP contribution in [0.4, 0.5) is 21.0 Å². The van der Waals surface area contributed by atoms with Gasteiger partial charge in [0.1, 0.15) is 11.3 Å². The maximum Gasteiger partial charge on any atom is 0.404 e. The van der Waals surface area contributed by atoms with E-state index in [1.165, 1.54) is 20.3 Å². The summed E-state index contributed by atoms with van der Waals surface area (Å²) in [5.41, 5.74) is 6.07. The molecule has 1 aromatic heterocycles. The third kappa shape index (κ3) is 5.08. The molecule has 1 saturated heterocycles. The van der Waals surface area contributed by atoms with Crippen LogP contribution in [0, 0.1) is 18.2 Å². The third-order valence-corrected chi connectivity index (χ3v) is 5.32. The van der Waals surface area contributed by atoms with E-state index in [1.807, 2.05) is 0 Å². The highest BCUT2D eigenvalue weighted by Crippen LogP contribution is 2.37. The fourth-order valence-corrected chi connectivity index (χ4v) is 3.67. The molecule has 0 spiro atoms. The number of amides is 2. The van der Waals surface area contributed by atoms with Crippen LogP contribution < -0.4 is 25.4 Å². The molecule has 2 aromatic rings. The summed E-state index contributed by atoms with van der Waals surface area (Å²) in [5.74, 6) is 1.86. The molecule has 0 bridgehead atoms. The summed E-state index contributed by atoms with van der Waals surface area (Å²) in [6, 6.07) is 0.863. The number of terminal acetylenes is 1. The highest BCUT2D eigenvalue weighted by atomic mass is 19.1. The van der Waals surface area contributed by atoms with Crippen LogP contribution in [0.3, 0.4) is 0 Å². The minimum absolute atomic E-state index is 0.00512. The van der Waals surface area contributed by atoms with E-state index < -0.39 is 18.0 Å². The fourth-order valence-electron chi connectivity index (χ4n) is 3.67. The molecule has 11 nitrogen and oxygen atoms in total. The van der Waals surface area contributed by atoms with Crippen molar-refractivity contribution in [3.8, 4) is 23.8 Å². The molecule has 1 aliphatic heterocycles. The van der Waals surface area contributed by atoms with Gasteiger partial charge in [-0.25, -0.2) is 14.2 Å². The number of anilines is 2. The number of ether oxygens (including phenoxy) is 2. The Morgan fingerprint density at radius 3 is 2.58 bits per heavy atom. The first kappa shape index (κ1) is 23.6. The molecule has 0 unspecified atom stereocenters. The minimum Gasteiger partial charge on any atom is -0.493 e. The molecular weight excluding hydrogens is 435 g/mol. The molecule has 3 rings (SSSR count). The lowest BCUT2D eigenvalue weighted by atomic mass is 10.1. The lowest BCUT2D eigenvalue weighted by molar-refractivity contribution is -0.131. The number of halogens is 1. The van der Waals surface area contributed by atoms with Crippen molar-refractivity contribution in [3.05, 3.63) is 11.9 Å². The maximum atomic E-state index is 15.0. The third-order valence-electron chi connectivity index (χ3n) is 5.32. The molecule has 0 aliphatic carbocycles. The van der Waals surface area contributed by atoms with Gasteiger partial charge in [-0.2, -0.15) is 4.98 Å². The van der Waals surface area contributed by atoms with Crippen LogP contribution in [0.1, 0.15) is 12.8 Å². The largest absolute Gasteiger partial charge is 0.493 e. The van der Waals surface area contributed by atoms with Gasteiger partial charge in [0.25, 0.3) is 0 Å². The van der Waals surface area contributed by atoms with Gasteiger partial charge in [0, 0.05) is 44.4 Å². The number of fused-ring (bicyclic) bond motifs is 1. The van der Waals surface area contributed by atoms with Crippen molar-refractivity contribution < 1.29 is 28.6 Å². The molecule has 1 fully saturated rings. The summed E-state index contributed by atoms with van der Waals surface area (Å²) in [6.45, 7) is 1.48. The molecule has 33 heavy (non-hydrogen) atoms. The number of carbonyl (C=O) groups is 2. The van der Waals surface area contributed by atoms with Gasteiger partial charge >= 0.3 is 6.09 Å². The topological polar surface area (TPSA) is 143 Å². The van der Waals surface area contributed by atoms with Crippen LogP contribution in [-0.4, -0.2) is 78.4 Å². The van der Waals surface area contributed by atoms with Crippen molar-refractivity contribution in [2.24, 2.45) is 0 Å². The van der Waals surface area contributed by atoms with Crippen LogP contribution in [-0.2, 0) is 4.79 Å². The molecule has 12 heteroatoms. The summed E-state index contributed by atoms with van der Waals surface area (Å²) in [7, 11) is 2.72. The van der Waals surface area contributed by atoms with Crippen molar-refractivity contribution in [2.45, 2.75) is 18.9 Å². The van der Waals surface area contributed by atoms with Crippen molar-refractivity contribution in [1.82, 2.24) is 20.2 Å². The SMILES string of the molecule is C#CC[C@@H](CC(=O)N1CCN(c2nc(N)c3cc(OC)c(OC)c(F)c3n2)CC1)NC(=O)O. The summed E-state index contributed by atoms with van der Waals surface area (Å²) in [6.07, 6.45) is 4.10. The zero-order valence-electron chi connectivity index (χ0n) is 18.3. The van der Waals surface area contributed by atoms with E-state index in [2.05, 4.69) is 21.2 Å². The van der Waals surface area contributed by atoms with E-state index in [1.54, 1.807) is 9.80 Å². The Labute approximate surface area is 189 Å². The summed E-state index contributed by atoms with van der Waals surface area (Å²) < 4.78 is 25.3. The predicted octanol–water partition coefficient (Wildman–Crippen LogP) is 1.07. The molecule has 1 aliphatic rings. The normalized spacial score (nSPS) is 14.5. The number of benzene rings is 1. The minimum atomic E-state index is -1.24. The van der Waals surface area contributed by atoms with E-state index in [0.29, 0.717) is 31.6 Å². The van der Waals surface area contributed by atoms with Gasteiger partial charge in [0.2, 0.25) is 11.9 Å². The van der Waals surface area contributed by atoms with Gasteiger partial charge in [-0.15, -0.1) is 12.3 Å². The number of rotatable bonds is 7. The van der Waals surface area contributed by atoms with Gasteiger partial charge in [-0.1, -0.05) is 0 Å². The number of piperazine rings is 1. The number of methoxy groups -OCH3 is 2. The number of carbonyl (C=O) groups excluding carboxylic acids is 1. The molecular formula is C21H25FN6O5. The molecule has 4 N–H and O–H groups in total. The lowest BCUT2D eigenvalue weighted by Gasteiger charge is -2.35. The van der Waals surface area contributed by atoms with Gasteiger partial charge in [-0.05, 0) is 6.07 Å². The Hall–Kier alpha value is -4.01. The van der Waals surface area contributed by atoms with E-state index >= 15 is 4.39 Å². The summed E-state index contributed by atoms with van der Waals surface area (Å²) >= 11 is 0. The second kappa shape index (κ2) is 10.1. The first-order chi connectivity index (χ1) is 15.8. The lowest BCUT2D eigenvalue weighted by Crippen LogP contribution is -2.50. The van der Waals surface area contributed by atoms with Gasteiger partial charge in [-0.3, -0.25) is 4.79 Å². The van der Waals surface area contributed by atoms with Crippen molar-refractivity contribution in [2.75, 3.05) is 51.0 Å². The molecule has 0 saturated carbocycles. The Morgan fingerprint density at radius 2 is 2.00 bits per heavy atom. The predicted molar refractivity (Wildman–Crippen MR) is 119 cm³/mol. The Morgan fingerprint density at radius 1 is 1.30 bits per heavy atom. The van der Waals surface area contributed by atoms with E-state index in [-0.39, 0.29) is 47.5 Å². The average Bonchev–Trinajstić information content (AvgIpc) is 2.79. The fraction of sp³-hybridized carbons (Fsp3) is 0.429. The molecule has 0 radical (unpaired) electrons. The number of nitrogens with two attached hydrogens (primary N) is 1. The van der Waals surface area contributed by atoms with Crippen molar-refractivity contribution >= 4 is 34.7 Å². The Kier molecular flexibility index (Phi) is 7.22. The van der Waals surface area contributed by atoms with Crippen LogP contribution in [0.5, 0.6) is 11.5 Å². The van der Waals surface area contributed by atoms with E-state index in [9.17, 15) is 9.59 Å². The average molecular weight is 460 g/mol. The highest BCUT2D eigenvalue weighted by molar-refractivity contribution is 5.92. The first-order valence-corrected chi connectivity index (χ1v) is 10.1. The quantitative estimate of drug-likeness (QED) is 0.517. The molecule has 2 amide bonds. The number of nitrogens with one attached hydrogen (secondary N) is 1. The van der Waals surface area contributed by atoms with Gasteiger partial charge in [0.05, 0.1) is 20.3 Å². The Bertz CT molecular complexity index is 1100. The number of nitrogens with zero attached hydrogens (tertiary/aromatic N) is 4. The van der Waals surface area contributed by atoms with E-state index in [0.717, 1.165) is 0 Å². The first-order valence-electron chi connectivity index (χ1n) is 10.1. The number of carboxylic acid groups (broad SMARTS) is 1. The molecule has 1 atom stereocenters. The van der Waals surface area contributed by atoms with Gasteiger partial charge in [0.15, 0.2) is 17.3 Å². The van der Waals surface area contributed by atoms with Crippen LogP contribution >= 0.6 is 0 Å². The van der Waals surface area contributed by atoms with Crippen LogP contribution in [0.2, 0.25) is 0 Å². The van der Waals surface area contributed by atoms with Crippen LogP contribution in [0.15, 0.2) is 6.07 Å². The van der Waals surface area contributed by atoms with Crippen molar-refractivity contribution in [1.29, 1.82) is 0 Å². The molecule has 176 valence electrons. The zero-order valence-corrected chi connectivity index (χ0v) is 18.3. The number of nitrogen functional groups attached to an aromatic ring is 1. The zero-order chi connectivity index (χ0) is 24.1. The second-order valence-electron chi connectivity index (χ2n) is 7.36. The molecule has 1 aromatic carbocycles. The number of hydrogen-bond acceptors (Lipinski definition) is 8. The Balaban J connectivity index is 1.74. The smallest absolute Gasteiger partial charge is 0.404 e. The monoisotopic (exact) mass is 460 g/mol. The standard InChI is InChI=1S/C21H25FN6O5/c1-4-5-12(24-21(30)31)10-15(29)27-6-8-28(9-7-27)20-25-17-13(19(23)26-20)11-14(32-2)18(33-3)16(17)22/h1,11-12,24H,5-10H2,2-3H3,(H,30,31)(H2,23,25,26)/t12-/m0/s1. The van der Waals surface area contributed by atoms with Crippen LogP contribution in [0.25, 0.3) is 10.9 Å².